The first-order chi connectivity index (χ1) is 33.7. The molecule has 68 heavy (non-hydrogen) atoms. The van der Waals surface area contributed by atoms with Crippen LogP contribution < -0.4 is 0 Å². The summed E-state index contributed by atoms with van der Waals surface area (Å²) >= 11 is 0. The molecular weight excluding hydrogens is 831 g/mol. The van der Waals surface area contributed by atoms with Crippen molar-refractivity contribution in [2.45, 2.75) is 0 Å². The van der Waals surface area contributed by atoms with Gasteiger partial charge >= 0.3 is 0 Å². The Balaban J connectivity index is 1.05. The third-order valence-electron chi connectivity index (χ3n) is 12.8. The highest BCUT2D eigenvalue weighted by atomic mass is 15.2. The zero-order valence-electron chi connectivity index (χ0n) is 36.6. The van der Waals surface area contributed by atoms with Gasteiger partial charge in [0.15, 0.2) is 17.5 Å². The van der Waals surface area contributed by atoms with Crippen LogP contribution in [0, 0.1) is 0 Å². The summed E-state index contributed by atoms with van der Waals surface area (Å²) in [6, 6.07) is 82.2. The fourth-order valence-corrected chi connectivity index (χ4v) is 9.55. The normalized spacial score (nSPS) is 11.5. The van der Waals surface area contributed by atoms with Crippen LogP contribution in [-0.2, 0) is 0 Å². The van der Waals surface area contributed by atoms with E-state index in [2.05, 4.69) is 149 Å². The molecule has 0 atom stereocenters. The van der Waals surface area contributed by atoms with Crippen LogP contribution >= 0.6 is 0 Å². The zero-order chi connectivity index (χ0) is 45.0. The highest BCUT2D eigenvalue weighted by molar-refractivity contribution is 6.13. The van der Waals surface area contributed by atoms with E-state index in [0.717, 1.165) is 83.3 Å². The molecule has 0 spiro atoms. The van der Waals surface area contributed by atoms with Crippen molar-refractivity contribution in [3.05, 3.63) is 237 Å². The molecule has 0 unspecified atom stereocenters. The summed E-state index contributed by atoms with van der Waals surface area (Å²) in [6.45, 7) is 0. The van der Waals surface area contributed by atoms with Gasteiger partial charge in [0.05, 0.1) is 33.5 Å². The van der Waals surface area contributed by atoms with E-state index in [4.69, 9.17) is 24.9 Å². The molecule has 0 fully saturated rings. The van der Waals surface area contributed by atoms with E-state index >= 15 is 0 Å². The van der Waals surface area contributed by atoms with E-state index in [1.165, 1.54) is 16.3 Å². The summed E-state index contributed by atoms with van der Waals surface area (Å²) in [5, 5.41) is 4.49. The maximum Gasteiger partial charge on any atom is 0.238 e. The molecule has 0 N–H and O–H groups in total. The van der Waals surface area contributed by atoms with E-state index < -0.39 is 0 Å². The Hall–Kier alpha value is -9.33. The Bertz CT molecular complexity index is 3880. The molecular formula is C61H39N7. The maximum atomic E-state index is 5.23. The topological polar surface area (TPSA) is 74.3 Å². The summed E-state index contributed by atoms with van der Waals surface area (Å²) in [5.74, 6) is 2.37. The first-order valence-electron chi connectivity index (χ1n) is 22.7. The number of para-hydroxylation sites is 2. The molecule has 318 valence electrons. The highest BCUT2D eigenvalue weighted by Gasteiger charge is 2.21. The number of benzene rings is 9. The number of hydrogen-bond donors (Lipinski definition) is 0. The summed E-state index contributed by atoms with van der Waals surface area (Å²) in [5.41, 5.74) is 14.1. The van der Waals surface area contributed by atoms with E-state index in [9.17, 15) is 0 Å². The third kappa shape index (κ3) is 6.80. The van der Waals surface area contributed by atoms with Crippen LogP contribution in [0.1, 0.15) is 0 Å². The summed E-state index contributed by atoms with van der Waals surface area (Å²) in [6.07, 6.45) is 0. The van der Waals surface area contributed by atoms with Crippen LogP contribution in [0.2, 0.25) is 0 Å². The van der Waals surface area contributed by atoms with Crippen LogP contribution in [0.3, 0.4) is 0 Å². The predicted molar refractivity (Wildman–Crippen MR) is 277 cm³/mol. The third-order valence-corrected chi connectivity index (χ3v) is 12.8. The Morgan fingerprint density at radius 1 is 0.235 bits per heavy atom. The molecule has 13 aromatic rings. The summed E-state index contributed by atoms with van der Waals surface area (Å²) < 4.78 is 4.53. The fourth-order valence-electron chi connectivity index (χ4n) is 9.55. The number of aromatic nitrogens is 7. The molecule has 0 saturated carbocycles. The van der Waals surface area contributed by atoms with E-state index in [-0.39, 0.29) is 0 Å². The molecule has 9 aromatic carbocycles. The molecule has 0 aliphatic heterocycles. The van der Waals surface area contributed by atoms with Crippen molar-refractivity contribution in [3.63, 3.8) is 0 Å². The van der Waals surface area contributed by atoms with Crippen molar-refractivity contribution in [2.24, 2.45) is 0 Å². The standard InChI is InChI=1S/C61H39N7/c1-6-18-40(19-7-1)52-39-53(41-20-8-2-9-21-41)63-60(62-52)46-32-35-57-51(38-46)50-37-45(44-30-33-55-49(36-44)48-28-16-17-29-54(48)67(55)47-26-14-5-15-27-47)31-34-56(50)68(57)61-65-58(42-22-10-3-11-23-42)64-59(66-61)43-24-12-4-13-25-43/h1-39H. The number of hydrogen-bond acceptors (Lipinski definition) is 5. The lowest BCUT2D eigenvalue weighted by molar-refractivity contribution is 0.953. The second-order valence-corrected chi connectivity index (χ2v) is 16.9. The predicted octanol–water partition coefficient (Wildman–Crippen LogP) is 14.9. The highest BCUT2D eigenvalue weighted by Crippen LogP contribution is 2.40. The molecule has 0 saturated heterocycles. The molecule has 7 heteroatoms. The van der Waals surface area contributed by atoms with Gasteiger partial charge in [0, 0.05) is 55.0 Å². The molecule has 4 aromatic heterocycles. The van der Waals surface area contributed by atoms with Gasteiger partial charge in [-0.25, -0.2) is 15.0 Å². The maximum absolute atomic E-state index is 5.23. The summed E-state index contributed by atoms with van der Waals surface area (Å²) in [7, 11) is 0. The lowest BCUT2D eigenvalue weighted by Crippen LogP contribution is -2.06. The molecule has 13 rings (SSSR count). The Kier molecular flexibility index (Phi) is 9.35. The average molecular weight is 870 g/mol. The van der Waals surface area contributed by atoms with Crippen LogP contribution in [0.5, 0.6) is 0 Å². The molecule has 0 radical (unpaired) electrons. The van der Waals surface area contributed by atoms with Crippen molar-refractivity contribution in [1.82, 2.24) is 34.1 Å². The van der Waals surface area contributed by atoms with Crippen molar-refractivity contribution >= 4 is 43.6 Å². The zero-order valence-corrected chi connectivity index (χ0v) is 36.6. The fraction of sp³-hybridized carbons (Fsp3) is 0. The van der Waals surface area contributed by atoms with Crippen LogP contribution in [0.25, 0.3) is 123 Å². The number of nitrogens with zero attached hydrogens (tertiary/aromatic N) is 7. The summed E-state index contributed by atoms with van der Waals surface area (Å²) in [4.78, 5) is 25.9. The van der Waals surface area contributed by atoms with Crippen LogP contribution in [0.15, 0.2) is 237 Å². The second-order valence-electron chi connectivity index (χ2n) is 16.9. The van der Waals surface area contributed by atoms with Crippen molar-refractivity contribution in [1.29, 1.82) is 0 Å². The lowest BCUT2D eigenvalue weighted by Gasteiger charge is -2.11. The van der Waals surface area contributed by atoms with Crippen LogP contribution in [0.4, 0.5) is 0 Å². The van der Waals surface area contributed by atoms with Crippen molar-refractivity contribution in [3.8, 4) is 79.4 Å². The van der Waals surface area contributed by atoms with E-state index in [1.54, 1.807) is 0 Å². The second kappa shape index (κ2) is 16.3. The Morgan fingerprint density at radius 3 is 1.15 bits per heavy atom. The van der Waals surface area contributed by atoms with Gasteiger partial charge in [-0.3, -0.25) is 4.57 Å². The van der Waals surface area contributed by atoms with Gasteiger partial charge < -0.3 is 4.57 Å². The van der Waals surface area contributed by atoms with E-state index in [0.29, 0.717) is 23.4 Å². The van der Waals surface area contributed by atoms with Gasteiger partial charge in [0.1, 0.15) is 0 Å². The Morgan fingerprint density at radius 2 is 0.618 bits per heavy atom. The average Bonchev–Trinajstić information content (AvgIpc) is 3.93. The van der Waals surface area contributed by atoms with Gasteiger partial charge in [-0.05, 0) is 77.9 Å². The number of fused-ring (bicyclic) bond motifs is 6. The minimum absolute atomic E-state index is 0.530. The minimum Gasteiger partial charge on any atom is -0.309 e. The van der Waals surface area contributed by atoms with Crippen molar-refractivity contribution in [2.75, 3.05) is 0 Å². The van der Waals surface area contributed by atoms with Gasteiger partial charge in [0.2, 0.25) is 5.95 Å². The SMILES string of the molecule is c1ccc(-c2cc(-c3ccccc3)nc(-c3ccc4c(c3)c3cc(-c5ccc6c(c5)c5ccccc5n6-c5ccccc5)ccc3n4-c3nc(-c4ccccc4)nc(-c4ccccc4)n3)n2)cc1. The largest absolute Gasteiger partial charge is 0.309 e. The van der Waals surface area contributed by atoms with Gasteiger partial charge in [0.25, 0.3) is 0 Å². The lowest BCUT2D eigenvalue weighted by atomic mass is 10.00. The molecule has 4 heterocycles. The first kappa shape index (κ1) is 39.1. The van der Waals surface area contributed by atoms with Gasteiger partial charge in [-0.1, -0.05) is 170 Å². The van der Waals surface area contributed by atoms with Crippen molar-refractivity contribution < 1.29 is 0 Å². The number of rotatable bonds is 8. The van der Waals surface area contributed by atoms with E-state index in [1.807, 2.05) is 97.1 Å². The van der Waals surface area contributed by atoms with Gasteiger partial charge in [-0.2, -0.15) is 9.97 Å². The Labute approximate surface area is 392 Å². The molecule has 0 bridgehead atoms. The molecule has 0 amide bonds. The van der Waals surface area contributed by atoms with Crippen LogP contribution in [-0.4, -0.2) is 34.1 Å². The smallest absolute Gasteiger partial charge is 0.238 e. The quantitative estimate of drug-likeness (QED) is 0.152. The molecule has 0 aliphatic carbocycles. The molecule has 7 nitrogen and oxygen atoms in total. The minimum atomic E-state index is 0.530. The molecule has 0 aliphatic rings. The first-order valence-corrected chi connectivity index (χ1v) is 22.7. The van der Waals surface area contributed by atoms with Gasteiger partial charge in [-0.15, -0.1) is 0 Å². The monoisotopic (exact) mass is 869 g/mol.